The Kier molecular flexibility index (Phi) is 6.06. The van der Waals surface area contributed by atoms with Gasteiger partial charge in [0, 0.05) is 10.0 Å². The van der Waals surface area contributed by atoms with Crippen molar-refractivity contribution in [3.8, 4) is 5.75 Å². The van der Waals surface area contributed by atoms with Crippen LogP contribution in [-0.2, 0) is 14.8 Å². The van der Waals surface area contributed by atoms with Crippen molar-refractivity contribution < 1.29 is 17.9 Å². The summed E-state index contributed by atoms with van der Waals surface area (Å²) in [5.41, 5.74) is 0.344. The Morgan fingerprint density at radius 2 is 1.83 bits per heavy atom. The van der Waals surface area contributed by atoms with Crippen LogP contribution >= 0.6 is 23.2 Å². The third-order valence-corrected chi connectivity index (χ3v) is 4.83. The Labute approximate surface area is 149 Å². The highest BCUT2D eigenvalue weighted by Gasteiger charge is 2.16. The zero-order chi connectivity index (χ0) is 17.7. The van der Waals surface area contributed by atoms with E-state index in [9.17, 15) is 13.2 Å². The van der Waals surface area contributed by atoms with E-state index in [1.165, 1.54) is 31.4 Å². The normalized spacial score (nSPS) is 11.1. The van der Waals surface area contributed by atoms with Gasteiger partial charge in [-0.3, -0.25) is 4.79 Å². The number of rotatable bonds is 6. The quantitative estimate of drug-likeness (QED) is 0.796. The number of amides is 1. The number of carbonyl (C=O) groups excluding carboxylic acids is 1. The lowest BCUT2D eigenvalue weighted by Crippen LogP contribution is -2.33. The maximum atomic E-state index is 12.1. The highest BCUT2D eigenvalue weighted by molar-refractivity contribution is 7.89. The summed E-state index contributed by atoms with van der Waals surface area (Å²) < 4.78 is 31.6. The minimum absolute atomic E-state index is 0.0249. The van der Waals surface area contributed by atoms with Crippen molar-refractivity contribution in [2.75, 3.05) is 19.0 Å². The molecule has 128 valence electrons. The van der Waals surface area contributed by atoms with Gasteiger partial charge in [0.2, 0.25) is 15.9 Å². The van der Waals surface area contributed by atoms with E-state index in [1.54, 1.807) is 18.2 Å². The number of benzene rings is 2. The second-order valence-electron chi connectivity index (χ2n) is 4.67. The molecule has 0 bridgehead atoms. The van der Waals surface area contributed by atoms with Crippen LogP contribution in [0.25, 0.3) is 0 Å². The van der Waals surface area contributed by atoms with Gasteiger partial charge in [0.1, 0.15) is 5.75 Å². The van der Waals surface area contributed by atoms with Gasteiger partial charge >= 0.3 is 0 Å². The minimum atomic E-state index is -3.85. The molecule has 0 aliphatic carbocycles. The summed E-state index contributed by atoms with van der Waals surface area (Å²) in [5, 5.41) is 3.23. The molecule has 0 aliphatic rings. The fourth-order valence-corrected chi connectivity index (χ4v) is 3.31. The van der Waals surface area contributed by atoms with Crippen LogP contribution in [0.1, 0.15) is 0 Å². The van der Waals surface area contributed by atoms with Gasteiger partial charge in [0.25, 0.3) is 0 Å². The van der Waals surface area contributed by atoms with E-state index in [0.717, 1.165) is 0 Å². The largest absolute Gasteiger partial charge is 0.495 e. The second-order valence-corrected chi connectivity index (χ2v) is 7.31. The van der Waals surface area contributed by atoms with Crippen LogP contribution in [0.5, 0.6) is 5.75 Å². The molecule has 0 radical (unpaired) electrons. The van der Waals surface area contributed by atoms with Crippen LogP contribution in [0.2, 0.25) is 10.0 Å². The number of hydrogen-bond donors (Lipinski definition) is 2. The Morgan fingerprint density at radius 3 is 2.50 bits per heavy atom. The average Bonchev–Trinajstić information content (AvgIpc) is 2.53. The standard InChI is InChI=1S/C15H14Cl2N2O4S/c1-23-14-6-5-11(17)8-13(14)19-15(20)9-18-24(21,22)12-4-2-3-10(16)7-12/h2-8,18H,9H2,1H3,(H,19,20). The number of methoxy groups -OCH3 is 1. The Balaban J connectivity index is 2.04. The number of nitrogens with one attached hydrogen (secondary N) is 2. The summed E-state index contributed by atoms with van der Waals surface area (Å²) in [6, 6.07) is 10.4. The number of ether oxygens (including phenoxy) is 1. The fourth-order valence-electron chi connectivity index (χ4n) is 1.85. The molecule has 2 N–H and O–H groups in total. The van der Waals surface area contributed by atoms with Crippen LogP contribution in [0.15, 0.2) is 47.4 Å². The van der Waals surface area contributed by atoms with Crippen LogP contribution in [0.3, 0.4) is 0 Å². The zero-order valence-electron chi connectivity index (χ0n) is 12.5. The minimum Gasteiger partial charge on any atom is -0.495 e. The first-order chi connectivity index (χ1) is 11.3. The van der Waals surface area contributed by atoms with Gasteiger partial charge in [0.05, 0.1) is 24.2 Å². The van der Waals surface area contributed by atoms with Crippen molar-refractivity contribution in [1.82, 2.24) is 4.72 Å². The lowest BCUT2D eigenvalue weighted by Gasteiger charge is -2.11. The molecule has 1 amide bonds. The maximum Gasteiger partial charge on any atom is 0.241 e. The Morgan fingerprint density at radius 1 is 1.12 bits per heavy atom. The maximum absolute atomic E-state index is 12.1. The zero-order valence-corrected chi connectivity index (χ0v) is 14.9. The molecule has 0 atom stereocenters. The molecule has 0 aromatic heterocycles. The first-order valence-corrected chi connectivity index (χ1v) is 8.94. The molecule has 6 nitrogen and oxygen atoms in total. The van der Waals surface area contributed by atoms with E-state index in [-0.39, 0.29) is 9.92 Å². The molecule has 0 saturated carbocycles. The van der Waals surface area contributed by atoms with Crippen LogP contribution in [-0.4, -0.2) is 28.0 Å². The van der Waals surface area contributed by atoms with Crippen molar-refractivity contribution >= 4 is 44.8 Å². The number of sulfonamides is 1. The molecule has 0 aliphatic heterocycles. The predicted octanol–water partition coefficient (Wildman–Crippen LogP) is 2.92. The Hall–Kier alpha value is -1.80. The highest BCUT2D eigenvalue weighted by Crippen LogP contribution is 2.27. The number of halogens is 2. The summed E-state index contributed by atoms with van der Waals surface area (Å²) in [4.78, 5) is 11.9. The van der Waals surface area contributed by atoms with Crippen molar-refractivity contribution in [3.05, 3.63) is 52.5 Å². The fraction of sp³-hybridized carbons (Fsp3) is 0.133. The molecule has 0 unspecified atom stereocenters. The summed E-state index contributed by atoms with van der Waals surface area (Å²) >= 11 is 11.6. The predicted molar refractivity (Wildman–Crippen MR) is 93.3 cm³/mol. The van der Waals surface area contributed by atoms with Gasteiger partial charge < -0.3 is 10.1 Å². The molecule has 0 spiro atoms. The van der Waals surface area contributed by atoms with E-state index < -0.39 is 22.5 Å². The Bertz CT molecular complexity index is 856. The molecular formula is C15H14Cl2N2O4S. The third-order valence-electron chi connectivity index (χ3n) is 2.96. The van der Waals surface area contributed by atoms with Crippen molar-refractivity contribution in [3.63, 3.8) is 0 Å². The lowest BCUT2D eigenvalue weighted by molar-refractivity contribution is -0.115. The van der Waals surface area contributed by atoms with E-state index in [4.69, 9.17) is 27.9 Å². The van der Waals surface area contributed by atoms with E-state index in [2.05, 4.69) is 10.0 Å². The van der Waals surface area contributed by atoms with Gasteiger partial charge in [0.15, 0.2) is 0 Å². The molecule has 2 aromatic rings. The van der Waals surface area contributed by atoms with Crippen molar-refractivity contribution in [2.24, 2.45) is 0 Å². The summed E-state index contributed by atoms with van der Waals surface area (Å²) in [5.74, 6) is -0.161. The van der Waals surface area contributed by atoms with Crippen LogP contribution in [0.4, 0.5) is 5.69 Å². The van der Waals surface area contributed by atoms with E-state index >= 15 is 0 Å². The average molecular weight is 389 g/mol. The number of hydrogen-bond acceptors (Lipinski definition) is 4. The van der Waals surface area contributed by atoms with Crippen LogP contribution in [0, 0.1) is 0 Å². The monoisotopic (exact) mass is 388 g/mol. The first-order valence-electron chi connectivity index (χ1n) is 6.70. The topological polar surface area (TPSA) is 84.5 Å². The first kappa shape index (κ1) is 18.5. The smallest absolute Gasteiger partial charge is 0.241 e. The van der Waals surface area contributed by atoms with E-state index in [1.807, 2.05) is 0 Å². The molecular weight excluding hydrogens is 375 g/mol. The van der Waals surface area contributed by atoms with Gasteiger partial charge in [-0.15, -0.1) is 0 Å². The lowest BCUT2D eigenvalue weighted by atomic mass is 10.3. The van der Waals surface area contributed by atoms with Crippen molar-refractivity contribution in [1.29, 1.82) is 0 Å². The molecule has 9 heteroatoms. The SMILES string of the molecule is COc1ccc(Cl)cc1NC(=O)CNS(=O)(=O)c1cccc(Cl)c1. The molecule has 2 aromatic carbocycles. The van der Waals surface area contributed by atoms with Crippen LogP contribution < -0.4 is 14.8 Å². The highest BCUT2D eigenvalue weighted by atomic mass is 35.5. The van der Waals surface area contributed by atoms with Crippen molar-refractivity contribution in [2.45, 2.75) is 4.90 Å². The molecule has 2 rings (SSSR count). The molecule has 0 saturated heterocycles. The van der Waals surface area contributed by atoms with Gasteiger partial charge in [-0.1, -0.05) is 29.3 Å². The molecule has 0 fully saturated rings. The third kappa shape index (κ3) is 4.85. The van der Waals surface area contributed by atoms with Gasteiger partial charge in [-0.25, -0.2) is 13.1 Å². The molecule has 24 heavy (non-hydrogen) atoms. The molecule has 0 heterocycles. The van der Waals surface area contributed by atoms with E-state index in [0.29, 0.717) is 16.5 Å². The second kappa shape index (κ2) is 7.85. The summed E-state index contributed by atoms with van der Waals surface area (Å²) in [6.07, 6.45) is 0. The number of carbonyl (C=O) groups is 1. The van der Waals surface area contributed by atoms with Gasteiger partial charge in [-0.05, 0) is 36.4 Å². The van der Waals surface area contributed by atoms with Gasteiger partial charge in [-0.2, -0.15) is 0 Å². The number of anilines is 1. The summed E-state index contributed by atoms with van der Waals surface area (Å²) in [7, 11) is -2.40. The summed E-state index contributed by atoms with van der Waals surface area (Å²) in [6.45, 7) is -0.454.